The van der Waals surface area contributed by atoms with Crippen LogP contribution in [0.4, 0.5) is 0 Å². The van der Waals surface area contributed by atoms with Crippen LogP contribution in [-0.2, 0) is 10.8 Å². The highest BCUT2D eigenvalue weighted by Crippen LogP contribution is 2.51. The summed E-state index contributed by atoms with van der Waals surface area (Å²) in [7, 11) is -2.80. The van der Waals surface area contributed by atoms with Gasteiger partial charge in [0.15, 0.2) is 25.5 Å². The fraction of sp³-hybridized carbons (Fsp3) is 0.121. The SMILES string of the molecule is CC1(C)CC(C)(C)c2cc3c(cc21)c1ccccc1n3-c1cccc(-c2nc(-c3ccccc3)nc(-c3cccc([Si](c4ccccc4)(c4ccccc4)c4ccccc4)c3)n2)c1. The summed E-state index contributed by atoms with van der Waals surface area (Å²) in [6.07, 6.45) is 1.12. The third-order valence-corrected chi connectivity index (χ3v) is 18.1. The van der Waals surface area contributed by atoms with Crippen LogP contribution in [0.15, 0.2) is 206 Å². The Bertz CT molecular complexity index is 3200. The first-order chi connectivity index (χ1) is 30.7. The van der Waals surface area contributed by atoms with E-state index in [2.05, 4.69) is 220 Å². The van der Waals surface area contributed by atoms with Gasteiger partial charge >= 0.3 is 0 Å². The summed E-state index contributed by atoms with van der Waals surface area (Å²) in [6, 6.07) is 74.8. The molecule has 10 aromatic rings. The van der Waals surface area contributed by atoms with E-state index in [0.29, 0.717) is 17.5 Å². The quantitative estimate of drug-likeness (QED) is 0.113. The number of aromatic nitrogens is 4. The third kappa shape index (κ3) is 6.45. The number of hydrogen-bond donors (Lipinski definition) is 0. The second-order valence-electron chi connectivity index (χ2n) is 18.4. The molecule has 0 radical (unpaired) electrons. The zero-order valence-corrected chi connectivity index (χ0v) is 37.1. The molecule has 0 bridgehead atoms. The maximum absolute atomic E-state index is 5.35. The maximum atomic E-state index is 5.35. The van der Waals surface area contributed by atoms with E-state index >= 15 is 0 Å². The lowest BCUT2D eigenvalue weighted by Crippen LogP contribution is -2.74. The summed E-state index contributed by atoms with van der Waals surface area (Å²) in [4.78, 5) is 15.8. The van der Waals surface area contributed by atoms with Crippen LogP contribution < -0.4 is 20.7 Å². The highest BCUT2D eigenvalue weighted by atomic mass is 28.3. The zero-order valence-electron chi connectivity index (χ0n) is 36.1. The molecule has 304 valence electrons. The molecule has 4 nitrogen and oxygen atoms in total. The number of rotatable bonds is 8. The average molecular weight is 829 g/mol. The molecule has 11 rings (SSSR count). The lowest BCUT2D eigenvalue weighted by atomic mass is 9.82. The third-order valence-electron chi connectivity index (χ3n) is 13.4. The number of nitrogens with zero attached hydrogens (tertiary/aromatic N) is 4. The van der Waals surface area contributed by atoms with Gasteiger partial charge in [-0.3, -0.25) is 0 Å². The van der Waals surface area contributed by atoms with Gasteiger partial charge in [0.25, 0.3) is 0 Å². The monoisotopic (exact) mass is 828 g/mol. The maximum Gasteiger partial charge on any atom is 0.179 e. The van der Waals surface area contributed by atoms with Gasteiger partial charge in [-0.2, -0.15) is 0 Å². The summed E-state index contributed by atoms with van der Waals surface area (Å²) < 4.78 is 2.43. The first-order valence-electron chi connectivity index (χ1n) is 22.0. The number of para-hydroxylation sites is 1. The van der Waals surface area contributed by atoms with Crippen molar-refractivity contribution in [1.29, 1.82) is 0 Å². The molecule has 0 aliphatic heterocycles. The van der Waals surface area contributed by atoms with Crippen molar-refractivity contribution in [1.82, 2.24) is 19.5 Å². The van der Waals surface area contributed by atoms with Gasteiger partial charge in [-0.05, 0) is 79.5 Å². The molecule has 0 fully saturated rings. The Morgan fingerprint density at radius 1 is 0.381 bits per heavy atom. The molecular weight excluding hydrogens is 781 g/mol. The van der Waals surface area contributed by atoms with Crippen molar-refractivity contribution in [3.8, 4) is 39.9 Å². The van der Waals surface area contributed by atoms with Crippen LogP contribution in [-0.4, -0.2) is 27.6 Å². The fourth-order valence-electron chi connectivity index (χ4n) is 10.8. The van der Waals surface area contributed by atoms with Crippen molar-refractivity contribution in [3.63, 3.8) is 0 Å². The zero-order chi connectivity index (χ0) is 42.8. The Balaban J connectivity index is 1.11. The van der Waals surface area contributed by atoms with E-state index in [9.17, 15) is 0 Å². The molecule has 0 unspecified atom stereocenters. The molecule has 63 heavy (non-hydrogen) atoms. The molecule has 1 aliphatic carbocycles. The predicted octanol–water partition coefficient (Wildman–Crippen LogP) is 11.3. The van der Waals surface area contributed by atoms with Crippen LogP contribution in [0.5, 0.6) is 0 Å². The highest BCUT2D eigenvalue weighted by molar-refractivity contribution is 7.19. The van der Waals surface area contributed by atoms with Crippen LogP contribution in [0.3, 0.4) is 0 Å². The van der Waals surface area contributed by atoms with E-state index in [4.69, 9.17) is 15.0 Å². The minimum atomic E-state index is -2.80. The number of benzene rings is 8. The second kappa shape index (κ2) is 15.0. The molecule has 0 atom stereocenters. The molecule has 1 aliphatic rings. The van der Waals surface area contributed by atoms with Gasteiger partial charge < -0.3 is 4.57 Å². The van der Waals surface area contributed by atoms with E-state index < -0.39 is 8.07 Å². The lowest BCUT2D eigenvalue weighted by molar-refractivity contribution is 0.403. The van der Waals surface area contributed by atoms with E-state index in [1.807, 2.05) is 18.2 Å². The van der Waals surface area contributed by atoms with Gasteiger partial charge in [-0.1, -0.05) is 204 Å². The van der Waals surface area contributed by atoms with E-state index in [1.165, 1.54) is 53.7 Å². The summed E-state index contributed by atoms with van der Waals surface area (Å²) in [6.45, 7) is 9.58. The normalized spacial score (nSPS) is 14.2. The molecule has 0 saturated heterocycles. The fourth-order valence-corrected chi connectivity index (χ4v) is 15.6. The van der Waals surface area contributed by atoms with Gasteiger partial charge in [0.05, 0.1) is 11.0 Å². The van der Waals surface area contributed by atoms with Crippen LogP contribution in [0.1, 0.15) is 45.2 Å². The van der Waals surface area contributed by atoms with Gasteiger partial charge in [-0.25, -0.2) is 15.0 Å². The van der Waals surface area contributed by atoms with Gasteiger partial charge in [-0.15, -0.1) is 0 Å². The largest absolute Gasteiger partial charge is 0.309 e. The van der Waals surface area contributed by atoms with Crippen molar-refractivity contribution in [2.24, 2.45) is 0 Å². The Kier molecular flexibility index (Phi) is 9.21. The van der Waals surface area contributed by atoms with Crippen molar-refractivity contribution in [2.75, 3.05) is 0 Å². The topological polar surface area (TPSA) is 43.6 Å². The van der Waals surface area contributed by atoms with Gasteiger partial charge in [0.2, 0.25) is 0 Å². The standard InChI is InChI=1S/C58H48N4Si/c1-57(2)39-58(3,4)51-38-53-49(37-50(51)57)48-33-17-18-34-52(48)62(53)43-25-19-23-41(35-43)55-59-54(40-21-9-5-10-22-40)60-56(61-55)42-24-20-32-47(36-42)63(44-26-11-6-12-27-44,45-28-13-7-14-29-45)46-30-15-8-16-31-46/h5-38H,39H2,1-4H3. The molecule has 0 N–H and O–H groups in total. The summed E-state index contributed by atoms with van der Waals surface area (Å²) in [5, 5.41) is 7.77. The first-order valence-corrected chi connectivity index (χ1v) is 24.0. The molecule has 5 heteroatoms. The Morgan fingerprint density at radius 3 is 1.41 bits per heavy atom. The minimum Gasteiger partial charge on any atom is -0.309 e. The molecule has 0 amide bonds. The number of fused-ring (bicyclic) bond motifs is 4. The van der Waals surface area contributed by atoms with Crippen LogP contribution in [0.25, 0.3) is 61.7 Å². The van der Waals surface area contributed by atoms with Crippen LogP contribution in [0, 0.1) is 0 Å². The van der Waals surface area contributed by atoms with Crippen molar-refractivity contribution in [3.05, 3.63) is 217 Å². The smallest absolute Gasteiger partial charge is 0.179 e. The Hall–Kier alpha value is -7.21. The summed E-state index contributed by atoms with van der Waals surface area (Å²) >= 11 is 0. The number of hydrogen-bond acceptors (Lipinski definition) is 3. The van der Waals surface area contributed by atoms with Gasteiger partial charge in [0, 0.05) is 33.2 Å². The summed E-state index contributed by atoms with van der Waals surface area (Å²) in [5.41, 5.74) is 9.39. The van der Waals surface area contributed by atoms with Crippen LogP contribution >= 0.6 is 0 Å². The van der Waals surface area contributed by atoms with E-state index in [1.54, 1.807) is 0 Å². The average Bonchev–Trinajstić information content (AvgIpc) is 3.75. The van der Waals surface area contributed by atoms with Gasteiger partial charge in [0.1, 0.15) is 0 Å². The van der Waals surface area contributed by atoms with Crippen molar-refractivity contribution in [2.45, 2.75) is 44.9 Å². The molecular formula is C58H48N4Si. The molecule has 0 spiro atoms. The Labute approximate surface area is 370 Å². The van der Waals surface area contributed by atoms with Crippen molar-refractivity contribution < 1.29 is 0 Å². The molecule has 0 saturated carbocycles. The van der Waals surface area contributed by atoms with E-state index in [-0.39, 0.29) is 10.8 Å². The molecule has 2 heterocycles. The predicted molar refractivity (Wildman–Crippen MR) is 265 cm³/mol. The summed E-state index contributed by atoms with van der Waals surface area (Å²) in [5.74, 6) is 1.91. The van der Waals surface area contributed by atoms with Crippen LogP contribution in [0.2, 0.25) is 0 Å². The first kappa shape index (κ1) is 38.7. The van der Waals surface area contributed by atoms with Crippen molar-refractivity contribution >= 4 is 50.6 Å². The highest BCUT2D eigenvalue weighted by Gasteiger charge is 2.43. The molecule has 2 aromatic heterocycles. The minimum absolute atomic E-state index is 0.0774. The second-order valence-corrected chi connectivity index (χ2v) is 22.2. The Morgan fingerprint density at radius 2 is 0.825 bits per heavy atom. The van der Waals surface area contributed by atoms with E-state index in [0.717, 1.165) is 28.8 Å². The molecule has 8 aromatic carbocycles. The lowest BCUT2D eigenvalue weighted by Gasteiger charge is -2.34.